The second-order valence-electron chi connectivity index (χ2n) is 5.29. The molecular weight excluding hydrogens is 329 g/mol. The number of rotatable bonds is 5. The van der Waals surface area contributed by atoms with E-state index < -0.39 is 5.97 Å². The van der Waals surface area contributed by atoms with Crippen molar-refractivity contribution in [2.75, 3.05) is 6.61 Å². The Kier molecular flexibility index (Phi) is 5.91. The van der Waals surface area contributed by atoms with Gasteiger partial charge in [-0.1, -0.05) is 29.3 Å². The van der Waals surface area contributed by atoms with Crippen LogP contribution >= 0.6 is 23.2 Å². The Balaban J connectivity index is 1.78. The topological polar surface area (TPSA) is 75.6 Å². The summed E-state index contributed by atoms with van der Waals surface area (Å²) in [6.07, 6.45) is 2.49. The van der Waals surface area contributed by atoms with Crippen molar-refractivity contribution in [3.63, 3.8) is 0 Å². The molecule has 0 atom stereocenters. The standard InChI is InChI=1S/C15H17Cl2NO4/c16-11-2-1-3-12(17)14(11)22-8-13(19)18-10-6-4-9(5-7-10)15(20)21/h1-3,9-10H,4-8H2,(H,18,19)(H,20,21). The van der Waals surface area contributed by atoms with E-state index in [0.717, 1.165) is 0 Å². The highest BCUT2D eigenvalue weighted by Crippen LogP contribution is 2.32. The van der Waals surface area contributed by atoms with Crippen molar-refractivity contribution in [1.82, 2.24) is 5.32 Å². The van der Waals surface area contributed by atoms with E-state index in [-0.39, 0.29) is 30.2 Å². The molecule has 2 N–H and O–H groups in total. The lowest BCUT2D eigenvalue weighted by Gasteiger charge is -2.26. The van der Waals surface area contributed by atoms with Crippen LogP contribution in [0.2, 0.25) is 10.0 Å². The van der Waals surface area contributed by atoms with Gasteiger partial charge in [0.2, 0.25) is 0 Å². The van der Waals surface area contributed by atoms with E-state index in [1.54, 1.807) is 18.2 Å². The van der Waals surface area contributed by atoms with E-state index in [1.165, 1.54) is 0 Å². The van der Waals surface area contributed by atoms with E-state index in [1.807, 2.05) is 0 Å². The van der Waals surface area contributed by atoms with Gasteiger partial charge in [-0.3, -0.25) is 9.59 Å². The fourth-order valence-corrected chi connectivity index (χ4v) is 3.02. The van der Waals surface area contributed by atoms with Crippen LogP contribution in [-0.4, -0.2) is 29.6 Å². The largest absolute Gasteiger partial charge is 0.481 e. The Morgan fingerprint density at radius 2 is 1.77 bits per heavy atom. The quantitative estimate of drug-likeness (QED) is 0.859. The normalized spacial score (nSPS) is 21.2. The van der Waals surface area contributed by atoms with Gasteiger partial charge in [0.1, 0.15) is 0 Å². The molecule has 0 bridgehead atoms. The third-order valence-electron chi connectivity index (χ3n) is 3.71. The summed E-state index contributed by atoms with van der Waals surface area (Å²) in [5.74, 6) is -1.04. The Morgan fingerprint density at radius 3 is 2.32 bits per heavy atom. The van der Waals surface area contributed by atoms with Crippen LogP contribution in [0.5, 0.6) is 5.75 Å². The summed E-state index contributed by atoms with van der Waals surface area (Å²) in [5.41, 5.74) is 0. The predicted molar refractivity (Wildman–Crippen MR) is 83.5 cm³/mol. The second kappa shape index (κ2) is 7.70. The number of carboxylic acids is 1. The van der Waals surface area contributed by atoms with Gasteiger partial charge in [-0.15, -0.1) is 0 Å². The van der Waals surface area contributed by atoms with Gasteiger partial charge in [0.05, 0.1) is 16.0 Å². The molecule has 1 aromatic carbocycles. The molecular formula is C15H17Cl2NO4. The fourth-order valence-electron chi connectivity index (χ4n) is 2.51. The molecule has 1 fully saturated rings. The van der Waals surface area contributed by atoms with Gasteiger partial charge in [-0.05, 0) is 37.8 Å². The van der Waals surface area contributed by atoms with Crippen molar-refractivity contribution in [3.05, 3.63) is 28.2 Å². The zero-order chi connectivity index (χ0) is 16.1. The molecule has 2 rings (SSSR count). The first-order valence-corrected chi connectivity index (χ1v) is 7.82. The van der Waals surface area contributed by atoms with Gasteiger partial charge in [-0.25, -0.2) is 0 Å². The molecule has 1 aliphatic carbocycles. The van der Waals surface area contributed by atoms with E-state index in [4.69, 9.17) is 33.0 Å². The summed E-state index contributed by atoms with van der Waals surface area (Å²) in [4.78, 5) is 22.8. The highest BCUT2D eigenvalue weighted by Gasteiger charge is 2.26. The van der Waals surface area contributed by atoms with Crippen LogP contribution in [0, 0.1) is 5.92 Å². The third-order valence-corrected chi connectivity index (χ3v) is 4.30. The van der Waals surface area contributed by atoms with Gasteiger partial charge < -0.3 is 15.2 Å². The van der Waals surface area contributed by atoms with Gasteiger partial charge in [0, 0.05) is 6.04 Å². The third kappa shape index (κ3) is 4.52. The van der Waals surface area contributed by atoms with Crippen LogP contribution in [0.4, 0.5) is 0 Å². The molecule has 22 heavy (non-hydrogen) atoms. The fraction of sp³-hybridized carbons (Fsp3) is 0.467. The van der Waals surface area contributed by atoms with Crippen molar-refractivity contribution < 1.29 is 19.4 Å². The molecule has 0 aromatic heterocycles. The number of carbonyl (C=O) groups is 2. The van der Waals surface area contributed by atoms with E-state index >= 15 is 0 Å². The summed E-state index contributed by atoms with van der Waals surface area (Å²) < 4.78 is 5.36. The Bertz CT molecular complexity index is 536. The molecule has 5 nitrogen and oxygen atoms in total. The minimum Gasteiger partial charge on any atom is -0.481 e. The van der Waals surface area contributed by atoms with E-state index in [2.05, 4.69) is 5.32 Å². The molecule has 1 aliphatic rings. The Hall–Kier alpha value is -1.46. The molecule has 1 saturated carbocycles. The predicted octanol–water partition coefficient (Wildman–Crippen LogP) is 3.13. The first-order valence-electron chi connectivity index (χ1n) is 7.06. The Morgan fingerprint density at radius 1 is 1.18 bits per heavy atom. The van der Waals surface area contributed by atoms with Crippen molar-refractivity contribution >= 4 is 35.1 Å². The second-order valence-corrected chi connectivity index (χ2v) is 6.11. The monoisotopic (exact) mass is 345 g/mol. The zero-order valence-corrected chi connectivity index (χ0v) is 13.4. The molecule has 0 spiro atoms. The molecule has 0 unspecified atom stereocenters. The number of carboxylic acid groups (broad SMARTS) is 1. The molecule has 0 heterocycles. The number of halogens is 2. The van der Waals surface area contributed by atoms with Gasteiger partial charge in [0.15, 0.2) is 12.4 Å². The smallest absolute Gasteiger partial charge is 0.306 e. The summed E-state index contributed by atoms with van der Waals surface area (Å²) in [6.45, 7) is -0.178. The van der Waals surface area contributed by atoms with Crippen LogP contribution in [0.15, 0.2) is 18.2 Å². The SMILES string of the molecule is O=C(COc1c(Cl)cccc1Cl)NC1CCC(C(=O)O)CC1. The minimum absolute atomic E-state index is 0.00610. The number of ether oxygens (including phenoxy) is 1. The zero-order valence-electron chi connectivity index (χ0n) is 11.9. The van der Waals surface area contributed by atoms with Crippen LogP contribution in [0.1, 0.15) is 25.7 Å². The highest BCUT2D eigenvalue weighted by atomic mass is 35.5. The first-order chi connectivity index (χ1) is 10.5. The maximum atomic E-state index is 11.9. The maximum Gasteiger partial charge on any atom is 0.306 e. The molecule has 0 radical (unpaired) electrons. The summed E-state index contributed by atoms with van der Waals surface area (Å²) >= 11 is 11.9. The molecule has 120 valence electrons. The van der Waals surface area contributed by atoms with Crippen molar-refractivity contribution in [2.24, 2.45) is 5.92 Å². The molecule has 1 amide bonds. The number of hydrogen-bond donors (Lipinski definition) is 2. The van der Waals surface area contributed by atoms with Crippen LogP contribution in [-0.2, 0) is 9.59 Å². The molecule has 0 saturated heterocycles. The average Bonchev–Trinajstić information content (AvgIpc) is 2.47. The highest BCUT2D eigenvalue weighted by molar-refractivity contribution is 6.37. The van der Waals surface area contributed by atoms with Gasteiger partial charge >= 0.3 is 5.97 Å². The van der Waals surface area contributed by atoms with Gasteiger partial charge in [-0.2, -0.15) is 0 Å². The summed E-state index contributed by atoms with van der Waals surface area (Å²) in [7, 11) is 0. The lowest BCUT2D eigenvalue weighted by atomic mass is 9.86. The lowest BCUT2D eigenvalue weighted by Crippen LogP contribution is -2.40. The summed E-state index contributed by atoms with van der Waals surface area (Å²) in [6, 6.07) is 4.95. The van der Waals surface area contributed by atoms with Crippen molar-refractivity contribution in [2.45, 2.75) is 31.7 Å². The Labute approximate surface area is 138 Å². The van der Waals surface area contributed by atoms with Crippen LogP contribution in [0.25, 0.3) is 0 Å². The van der Waals surface area contributed by atoms with Crippen molar-refractivity contribution in [1.29, 1.82) is 0 Å². The number of carbonyl (C=O) groups excluding carboxylic acids is 1. The van der Waals surface area contributed by atoms with Crippen LogP contribution < -0.4 is 10.1 Å². The average molecular weight is 346 g/mol. The molecule has 0 aliphatic heterocycles. The number of hydrogen-bond acceptors (Lipinski definition) is 3. The molecule has 7 heteroatoms. The number of para-hydroxylation sites is 1. The number of amides is 1. The minimum atomic E-state index is -0.763. The van der Waals surface area contributed by atoms with E-state index in [9.17, 15) is 9.59 Å². The van der Waals surface area contributed by atoms with E-state index in [0.29, 0.717) is 35.7 Å². The molecule has 1 aromatic rings. The first kappa shape index (κ1) is 16.9. The summed E-state index contributed by atoms with van der Waals surface area (Å²) in [5, 5.41) is 12.5. The number of nitrogens with one attached hydrogen (secondary N) is 1. The van der Waals surface area contributed by atoms with Crippen LogP contribution in [0.3, 0.4) is 0 Å². The lowest BCUT2D eigenvalue weighted by molar-refractivity contribution is -0.142. The number of benzene rings is 1. The van der Waals surface area contributed by atoms with Crippen molar-refractivity contribution in [3.8, 4) is 5.75 Å². The number of aliphatic carboxylic acids is 1. The van der Waals surface area contributed by atoms with Gasteiger partial charge in [0.25, 0.3) is 5.91 Å². The maximum absolute atomic E-state index is 11.9.